The van der Waals surface area contributed by atoms with Crippen LogP contribution in [0.2, 0.25) is 0 Å². The Labute approximate surface area is 168 Å². The Balaban J connectivity index is 1.38. The lowest BCUT2D eigenvalue weighted by molar-refractivity contribution is 0.0983. The summed E-state index contributed by atoms with van der Waals surface area (Å²) >= 11 is 0. The van der Waals surface area contributed by atoms with Crippen LogP contribution in [0.5, 0.6) is 0 Å². The fourth-order valence-electron chi connectivity index (χ4n) is 3.12. The van der Waals surface area contributed by atoms with Crippen molar-refractivity contribution in [2.45, 2.75) is 12.8 Å². The summed E-state index contributed by atoms with van der Waals surface area (Å²) in [4.78, 5) is 24.4. The molecule has 0 N–H and O–H groups in total. The number of benzene rings is 2. The van der Waals surface area contributed by atoms with E-state index in [9.17, 15) is 9.18 Å². The Kier molecular flexibility index (Phi) is 5.47. The van der Waals surface area contributed by atoms with E-state index in [1.165, 1.54) is 12.3 Å². The van der Waals surface area contributed by atoms with Crippen molar-refractivity contribution in [1.82, 2.24) is 15.0 Å². The summed E-state index contributed by atoms with van der Waals surface area (Å²) < 4.78 is 13.3. The highest BCUT2D eigenvalue weighted by atomic mass is 19.1. The quantitative estimate of drug-likeness (QED) is 0.341. The number of hydrogen-bond donors (Lipinski definition) is 0. The lowest BCUT2D eigenvalue weighted by Gasteiger charge is -2.06. The third-order valence-electron chi connectivity index (χ3n) is 4.72. The molecule has 5 heteroatoms. The van der Waals surface area contributed by atoms with E-state index in [1.54, 1.807) is 24.7 Å². The van der Waals surface area contributed by atoms with Crippen LogP contribution in [0.25, 0.3) is 22.4 Å². The monoisotopic (exact) mass is 383 g/mol. The van der Waals surface area contributed by atoms with Crippen LogP contribution in [-0.4, -0.2) is 20.7 Å². The van der Waals surface area contributed by atoms with E-state index in [0.717, 1.165) is 27.9 Å². The number of halogens is 1. The largest absolute Gasteiger partial charge is 0.294 e. The van der Waals surface area contributed by atoms with E-state index in [4.69, 9.17) is 0 Å². The first-order valence-corrected chi connectivity index (χ1v) is 9.29. The van der Waals surface area contributed by atoms with Gasteiger partial charge in [0.25, 0.3) is 0 Å². The topological polar surface area (TPSA) is 55.7 Å². The Bertz CT molecular complexity index is 1110. The molecule has 142 valence electrons. The number of pyridine rings is 1. The molecule has 4 aromatic rings. The number of Topliss-reactive ketones (excluding diaryl/α,β-unsaturated/α-hetero) is 1. The van der Waals surface area contributed by atoms with Crippen LogP contribution in [0.3, 0.4) is 0 Å². The van der Waals surface area contributed by atoms with Crippen LogP contribution >= 0.6 is 0 Å². The molecule has 0 bridgehead atoms. The maximum Gasteiger partial charge on any atom is 0.213 e. The van der Waals surface area contributed by atoms with Gasteiger partial charge in [-0.1, -0.05) is 48.5 Å². The van der Waals surface area contributed by atoms with Gasteiger partial charge >= 0.3 is 0 Å². The molecule has 0 saturated heterocycles. The van der Waals surface area contributed by atoms with Crippen molar-refractivity contribution in [3.8, 4) is 22.4 Å². The summed E-state index contributed by atoms with van der Waals surface area (Å²) in [6, 6.07) is 18.4. The fourth-order valence-corrected chi connectivity index (χ4v) is 3.12. The van der Waals surface area contributed by atoms with Crippen molar-refractivity contribution in [2.75, 3.05) is 0 Å². The van der Waals surface area contributed by atoms with E-state index in [0.29, 0.717) is 18.4 Å². The zero-order chi connectivity index (χ0) is 20.1. The molecule has 2 aromatic carbocycles. The zero-order valence-corrected chi connectivity index (χ0v) is 15.6. The lowest BCUT2D eigenvalue weighted by atomic mass is 9.99. The number of aryl methyl sites for hydroxylation is 1. The van der Waals surface area contributed by atoms with Gasteiger partial charge in [0, 0.05) is 42.2 Å². The van der Waals surface area contributed by atoms with E-state index in [2.05, 4.69) is 15.0 Å². The van der Waals surface area contributed by atoms with E-state index >= 15 is 0 Å². The molecule has 0 saturated carbocycles. The van der Waals surface area contributed by atoms with Crippen LogP contribution < -0.4 is 0 Å². The number of aromatic nitrogens is 3. The molecule has 0 unspecified atom stereocenters. The number of ketones is 1. The zero-order valence-electron chi connectivity index (χ0n) is 15.6. The van der Waals surface area contributed by atoms with Crippen LogP contribution in [0.1, 0.15) is 22.3 Å². The molecule has 2 aromatic heterocycles. The smallest absolute Gasteiger partial charge is 0.213 e. The van der Waals surface area contributed by atoms with Crippen molar-refractivity contribution in [1.29, 1.82) is 0 Å². The summed E-state index contributed by atoms with van der Waals surface area (Å²) in [7, 11) is 0. The molecule has 0 radical (unpaired) electrons. The Morgan fingerprint density at radius 2 is 1.55 bits per heavy atom. The first kappa shape index (κ1) is 18.6. The van der Waals surface area contributed by atoms with E-state index < -0.39 is 5.95 Å². The average molecular weight is 383 g/mol. The summed E-state index contributed by atoms with van der Waals surface area (Å²) in [5.74, 6) is -0.404. The van der Waals surface area contributed by atoms with Gasteiger partial charge < -0.3 is 0 Å². The summed E-state index contributed by atoms with van der Waals surface area (Å²) in [5.41, 5.74) is 5.15. The molecule has 2 heterocycles. The van der Waals surface area contributed by atoms with Gasteiger partial charge in [-0.05, 0) is 29.2 Å². The minimum absolute atomic E-state index is 0.0935. The number of nitrogens with zero attached hydrogens (tertiary/aromatic N) is 3. The summed E-state index contributed by atoms with van der Waals surface area (Å²) in [6.07, 6.45) is 7.49. The van der Waals surface area contributed by atoms with Crippen LogP contribution in [0, 0.1) is 5.95 Å². The molecule has 0 fully saturated rings. The SMILES string of the molecule is O=C(CCc1ccc(-c2ccnc(F)c2)cc1)c1ccc(-c2cnccn2)cc1. The van der Waals surface area contributed by atoms with Crippen molar-refractivity contribution in [3.63, 3.8) is 0 Å². The molecule has 0 spiro atoms. The van der Waals surface area contributed by atoms with Crippen LogP contribution in [0.4, 0.5) is 4.39 Å². The highest BCUT2D eigenvalue weighted by Crippen LogP contribution is 2.21. The third-order valence-corrected chi connectivity index (χ3v) is 4.72. The minimum atomic E-state index is -0.498. The predicted octanol–water partition coefficient (Wildman–Crippen LogP) is 5.16. The molecule has 29 heavy (non-hydrogen) atoms. The fraction of sp³-hybridized carbons (Fsp3) is 0.0833. The predicted molar refractivity (Wildman–Crippen MR) is 110 cm³/mol. The van der Waals surface area contributed by atoms with Gasteiger partial charge in [0.05, 0.1) is 11.9 Å². The van der Waals surface area contributed by atoms with Gasteiger partial charge in [0.2, 0.25) is 5.95 Å². The van der Waals surface area contributed by atoms with Crippen molar-refractivity contribution in [3.05, 3.63) is 103 Å². The van der Waals surface area contributed by atoms with Crippen molar-refractivity contribution < 1.29 is 9.18 Å². The van der Waals surface area contributed by atoms with Crippen molar-refractivity contribution >= 4 is 5.78 Å². The molecular weight excluding hydrogens is 365 g/mol. The van der Waals surface area contributed by atoms with Gasteiger partial charge in [0.1, 0.15) is 0 Å². The van der Waals surface area contributed by atoms with Gasteiger partial charge in [-0.25, -0.2) is 4.98 Å². The molecule has 4 nitrogen and oxygen atoms in total. The first-order valence-electron chi connectivity index (χ1n) is 9.29. The Hall–Kier alpha value is -3.73. The second-order valence-corrected chi connectivity index (χ2v) is 6.66. The number of carbonyl (C=O) groups is 1. The summed E-state index contributed by atoms with van der Waals surface area (Å²) in [5, 5.41) is 0. The van der Waals surface area contributed by atoms with Crippen molar-refractivity contribution in [2.24, 2.45) is 0 Å². The molecule has 0 aliphatic heterocycles. The number of carbonyl (C=O) groups excluding carboxylic acids is 1. The van der Waals surface area contributed by atoms with Gasteiger partial charge in [-0.2, -0.15) is 4.39 Å². The first-order chi connectivity index (χ1) is 14.2. The highest BCUT2D eigenvalue weighted by Gasteiger charge is 2.08. The molecule has 0 aliphatic carbocycles. The van der Waals surface area contributed by atoms with Crippen LogP contribution in [0.15, 0.2) is 85.5 Å². The number of rotatable bonds is 6. The number of hydrogen-bond acceptors (Lipinski definition) is 4. The minimum Gasteiger partial charge on any atom is -0.294 e. The third kappa shape index (κ3) is 4.58. The maximum atomic E-state index is 13.3. The maximum absolute atomic E-state index is 13.3. The lowest BCUT2D eigenvalue weighted by Crippen LogP contribution is -2.01. The molecule has 0 aliphatic rings. The second-order valence-electron chi connectivity index (χ2n) is 6.66. The highest BCUT2D eigenvalue weighted by molar-refractivity contribution is 5.96. The van der Waals surface area contributed by atoms with E-state index in [1.807, 2.05) is 48.5 Å². The van der Waals surface area contributed by atoms with Crippen LogP contribution in [-0.2, 0) is 6.42 Å². The molecule has 0 atom stereocenters. The normalized spacial score (nSPS) is 10.7. The molecular formula is C24H18FN3O. The second kappa shape index (κ2) is 8.52. The standard InChI is InChI=1S/C24H18FN3O/c25-24-15-21(11-12-28-24)18-4-1-17(2-5-18)3-10-23(29)20-8-6-19(7-9-20)22-16-26-13-14-27-22/h1-2,4-9,11-16H,3,10H2. The van der Waals surface area contributed by atoms with Gasteiger partial charge in [-0.15, -0.1) is 0 Å². The van der Waals surface area contributed by atoms with Gasteiger partial charge in [0.15, 0.2) is 5.78 Å². The summed E-state index contributed by atoms with van der Waals surface area (Å²) in [6.45, 7) is 0. The van der Waals surface area contributed by atoms with E-state index in [-0.39, 0.29) is 5.78 Å². The average Bonchev–Trinajstić information content (AvgIpc) is 2.78. The Morgan fingerprint density at radius 3 is 2.24 bits per heavy atom. The molecule has 4 rings (SSSR count). The van der Waals surface area contributed by atoms with Gasteiger partial charge in [-0.3, -0.25) is 14.8 Å². The molecule has 0 amide bonds. The Morgan fingerprint density at radius 1 is 0.793 bits per heavy atom.